The molecule has 1 aromatic rings. The number of nitrogen functional groups attached to an aromatic ring is 1. The van der Waals surface area contributed by atoms with Gasteiger partial charge in [0.1, 0.15) is 0 Å². The van der Waals surface area contributed by atoms with Crippen molar-refractivity contribution in [2.75, 3.05) is 18.9 Å². The largest absolute Gasteiger partial charge is 0.398 e. The number of benzene rings is 1. The molecule has 0 spiro atoms. The van der Waals surface area contributed by atoms with Crippen molar-refractivity contribution in [3.8, 4) is 0 Å². The minimum Gasteiger partial charge on any atom is -0.398 e. The van der Waals surface area contributed by atoms with Gasteiger partial charge in [0.15, 0.2) is 0 Å². The van der Waals surface area contributed by atoms with Crippen LogP contribution in [0.3, 0.4) is 0 Å². The second kappa shape index (κ2) is 7.50. The lowest BCUT2D eigenvalue weighted by molar-refractivity contribution is 0.0807. The third kappa shape index (κ3) is 4.84. The molecular formula is C14H21BrN2O2. The van der Waals surface area contributed by atoms with Crippen molar-refractivity contribution >= 4 is 27.5 Å². The Morgan fingerprint density at radius 2 is 2.16 bits per heavy atom. The molecule has 1 atom stereocenters. The minimum atomic E-state index is -0.164. The standard InChI is InChI=1S/C14H21BrN2O2/c1-4-19-8-13(9(2)3)17-14(18)11-6-5-10(15)7-12(11)16/h5-7,9,13H,4,8,16H2,1-3H3,(H,17,18). The number of halogens is 1. The van der Waals surface area contributed by atoms with Gasteiger partial charge in [0.25, 0.3) is 5.91 Å². The van der Waals surface area contributed by atoms with E-state index in [9.17, 15) is 4.79 Å². The number of ether oxygens (including phenoxy) is 1. The second-order valence-electron chi connectivity index (χ2n) is 4.72. The van der Waals surface area contributed by atoms with Gasteiger partial charge in [-0.1, -0.05) is 29.8 Å². The third-order valence-electron chi connectivity index (χ3n) is 2.88. The molecule has 3 N–H and O–H groups in total. The van der Waals surface area contributed by atoms with Crippen LogP contribution in [0.15, 0.2) is 22.7 Å². The Balaban J connectivity index is 2.76. The lowest BCUT2D eigenvalue weighted by atomic mass is 10.0. The van der Waals surface area contributed by atoms with Gasteiger partial charge >= 0.3 is 0 Å². The van der Waals surface area contributed by atoms with Crippen LogP contribution in [0.5, 0.6) is 0 Å². The van der Waals surface area contributed by atoms with Crippen molar-refractivity contribution in [3.05, 3.63) is 28.2 Å². The highest BCUT2D eigenvalue weighted by atomic mass is 79.9. The molecule has 1 unspecified atom stereocenters. The summed E-state index contributed by atoms with van der Waals surface area (Å²) in [5.74, 6) is 0.135. The molecule has 19 heavy (non-hydrogen) atoms. The fourth-order valence-corrected chi connectivity index (χ4v) is 2.01. The quantitative estimate of drug-likeness (QED) is 0.789. The molecule has 0 aliphatic carbocycles. The maximum Gasteiger partial charge on any atom is 0.253 e. The van der Waals surface area contributed by atoms with Crippen LogP contribution in [0, 0.1) is 5.92 Å². The molecule has 1 amide bonds. The number of carbonyl (C=O) groups is 1. The van der Waals surface area contributed by atoms with E-state index < -0.39 is 0 Å². The first-order valence-electron chi connectivity index (χ1n) is 6.39. The fraction of sp³-hybridized carbons (Fsp3) is 0.500. The maximum atomic E-state index is 12.2. The van der Waals surface area contributed by atoms with E-state index in [1.165, 1.54) is 0 Å². The lowest BCUT2D eigenvalue weighted by Gasteiger charge is -2.22. The van der Waals surface area contributed by atoms with E-state index in [0.29, 0.717) is 30.4 Å². The lowest BCUT2D eigenvalue weighted by Crippen LogP contribution is -2.42. The zero-order chi connectivity index (χ0) is 14.4. The molecule has 0 aliphatic heterocycles. The number of hydrogen-bond donors (Lipinski definition) is 2. The molecule has 0 aliphatic rings. The van der Waals surface area contributed by atoms with Crippen molar-refractivity contribution < 1.29 is 9.53 Å². The summed E-state index contributed by atoms with van der Waals surface area (Å²) in [6, 6.07) is 5.22. The highest BCUT2D eigenvalue weighted by Gasteiger charge is 2.18. The van der Waals surface area contributed by atoms with Gasteiger partial charge in [0.05, 0.1) is 18.2 Å². The summed E-state index contributed by atoms with van der Waals surface area (Å²) in [5.41, 5.74) is 6.81. The van der Waals surface area contributed by atoms with Gasteiger partial charge in [-0.2, -0.15) is 0 Å². The normalized spacial score (nSPS) is 12.5. The Kier molecular flexibility index (Phi) is 6.31. The summed E-state index contributed by atoms with van der Waals surface area (Å²) in [6.45, 7) is 7.19. The summed E-state index contributed by atoms with van der Waals surface area (Å²) >= 11 is 3.32. The molecule has 0 fully saturated rings. The number of nitrogens with one attached hydrogen (secondary N) is 1. The van der Waals surface area contributed by atoms with E-state index in [1.807, 2.05) is 6.92 Å². The van der Waals surface area contributed by atoms with Crippen LogP contribution < -0.4 is 11.1 Å². The summed E-state index contributed by atoms with van der Waals surface area (Å²) in [5, 5.41) is 2.97. The van der Waals surface area contributed by atoms with Crippen molar-refractivity contribution in [1.29, 1.82) is 0 Å². The van der Waals surface area contributed by atoms with Crippen molar-refractivity contribution in [3.63, 3.8) is 0 Å². The first-order valence-corrected chi connectivity index (χ1v) is 7.18. The summed E-state index contributed by atoms with van der Waals surface area (Å²) in [4.78, 5) is 12.2. The molecule has 4 nitrogen and oxygen atoms in total. The van der Waals surface area contributed by atoms with Gasteiger partial charge < -0.3 is 15.8 Å². The second-order valence-corrected chi connectivity index (χ2v) is 5.63. The van der Waals surface area contributed by atoms with Crippen LogP contribution in [0.2, 0.25) is 0 Å². The zero-order valence-electron chi connectivity index (χ0n) is 11.6. The molecule has 5 heteroatoms. The Labute approximate surface area is 122 Å². The van der Waals surface area contributed by atoms with Gasteiger partial charge in [-0.05, 0) is 31.0 Å². The molecule has 0 aromatic heterocycles. The fourth-order valence-electron chi connectivity index (χ4n) is 1.63. The average molecular weight is 329 g/mol. The zero-order valence-corrected chi connectivity index (χ0v) is 13.2. The monoisotopic (exact) mass is 328 g/mol. The van der Waals surface area contributed by atoms with E-state index >= 15 is 0 Å². The van der Waals surface area contributed by atoms with Gasteiger partial charge in [-0.15, -0.1) is 0 Å². The highest BCUT2D eigenvalue weighted by Crippen LogP contribution is 2.18. The molecule has 0 radical (unpaired) electrons. The Morgan fingerprint density at radius 3 is 2.68 bits per heavy atom. The number of nitrogens with two attached hydrogens (primary N) is 1. The van der Waals surface area contributed by atoms with E-state index in [4.69, 9.17) is 10.5 Å². The maximum absolute atomic E-state index is 12.2. The van der Waals surface area contributed by atoms with Crippen LogP contribution in [0.4, 0.5) is 5.69 Å². The highest BCUT2D eigenvalue weighted by molar-refractivity contribution is 9.10. The molecule has 0 bridgehead atoms. The number of amides is 1. The third-order valence-corrected chi connectivity index (χ3v) is 3.37. The number of rotatable bonds is 6. The van der Waals surface area contributed by atoms with E-state index in [1.54, 1.807) is 18.2 Å². The molecule has 0 heterocycles. The SMILES string of the molecule is CCOCC(NC(=O)c1ccc(Br)cc1N)C(C)C. The molecule has 1 rings (SSSR count). The van der Waals surface area contributed by atoms with E-state index in [-0.39, 0.29) is 11.9 Å². The molecule has 1 aromatic carbocycles. The molecular weight excluding hydrogens is 308 g/mol. The van der Waals surface area contributed by atoms with Gasteiger partial charge in [-0.3, -0.25) is 4.79 Å². The summed E-state index contributed by atoms with van der Waals surface area (Å²) in [7, 11) is 0. The number of hydrogen-bond acceptors (Lipinski definition) is 3. The van der Waals surface area contributed by atoms with Gasteiger partial charge in [-0.25, -0.2) is 0 Å². The van der Waals surface area contributed by atoms with Crippen LogP contribution >= 0.6 is 15.9 Å². The number of anilines is 1. The summed E-state index contributed by atoms with van der Waals surface area (Å²) in [6.07, 6.45) is 0. The van der Waals surface area contributed by atoms with Crippen LogP contribution in [0.25, 0.3) is 0 Å². The van der Waals surface area contributed by atoms with E-state index in [2.05, 4.69) is 35.1 Å². The van der Waals surface area contributed by atoms with Crippen LogP contribution in [0.1, 0.15) is 31.1 Å². The number of carbonyl (C=O) groups excluding carboxylic acids is 1. The smallest absolute Gasteiger partial charge is 0.253 e. The molecule has 0 saturated carbocycles. The average Bonchev–Trinajstić information content (AvgIpc) is 2.33. The van der Waals surface area contributed by atoms with Gasteiger partial charge in [0.2, 0.25) is 0 Å². The van der Waals surface area contributed by atoms with Crippen molar-refractivity contribution in [2.24, 2.45) is 5.92 Å². The Morgan fingerprint density at radius 1 is 1.47 bits per heavy atom. The first kappa shape index (κ1) is 16.0. The van der Waals surface area contributed by atoms with Crippen LogP contribution in [-0.4, -0.2) is 25.2 Å². The minimum absolute atomic E-state index is 0.0181. The molecule has 106 valence electrons. The van der Waals surface area contributed by atoms with Crippen LogP contribution in [-0.2, 0) is 4.74 Å². The predicted octanol–water partition coefficient (Wildman–Crippen LogP) is 2.82. The van der Waals surface area contributed by atoms with E-state index in [0.717, 1.165) is 4.47 Å². The Bertz CT molecular complexity index is 435. The Hall–Kier alpha value is -1.07. The van der Waals surface area contributed by atoms with Crippen molar-refractivity contribution in [1.82, 2.24) is 5.32 Å². The first-order chi connectivity index (χ1) is 8.95. The topological polar surface area (TPSA) is 64.3 Å². The summed E-state index contributed by atoms with van der Waals surface area (Å²) < 4.78 is 6.25. The van der Waals surface area contributed by atoms with Crippen molar-refractivity contribution in [2.45, 2.75) is 26.8 Å². The molecule has 0 saturated heterocycles. The van der Waals surface area contributed by atoms with Gasteiger partial charge in [0, 0.05) is 16.8 Å². The predicted molar refractivity (Wildman–Crippen MR) is 81.1 cm³/mol.